The van der Waals surface area contributed by atoms with Crippen LogP contribution in [0.5, 0.6) is 0 Å². The van der Waals surface area contributed by atoms with Crippen molar-refractivity contribution in [3.8, 4) is 0 Å². The van der Waals surface area contributed by atoms with E-state index in [4.69, 9.17) is 0 Å². The summed E-state index contributed by atoms with van der Waals surface area (Å²) in [6, 6.07) is 8.39. The lowest BCUT2D eigenvalue weighted by atomic mass is 10.2. The summed E-state index contributed by atoms with van der Waals surface area (Å²) >= 11 is 1.68. The molecule has 2 atom stereocenters. The number of nitrogens with one attached hydrogen (secondary N) is 1. The minimum absolute atomic E-state index is 0.192. The lowest BCUT2D eigenvalue weighted by molar-refractivity contribution is 0.275. The molecule has 2 rings (SSSR count). The number of aliphatic hydroxyl groups excluding tert-OH is 1. The standard InChI is InChI=1S/C14H21N3OS/c1-10(13(9-18)19-3)15-8-14-16-11-6-4-5-7-12(11)17(14)2/h4-7,10,13,15,18H,8-9H2,1-3H3. The lowest BCUT2D eigenvalue weighted by Gasteiger charge is -2.21. The fourth-order valence-corrected chi connectivity index (χ4v) is 2.83. The maximum Gasteiger partial charge on any atom is 0.123 e. The first-order valence-electron chi connectivity index (χ1n) is 6.44. The van der Waals surface area contributed by atoms with Gasteiger partial charge in [-0.3, -0.25) is 0 Å². The molecule has 0 bridgehead atoms. The molecule has 0 aliphatic rings. The van der Waals surface area contributed by atoms with Crippen LogP contribution in [0.4, 0.5) is 0 Å². The summed E-state index contributed by atoms with van der Waals surface area (Å²) in [5, 5.41) is 12.9. The van der Waals surface area contributed by atoms with Gasteiger partial charge in [-0.15, -0.1) is 0 Å². The van der Waals surface area contributed by atoms with Crippen molar-refractivity contribution in [3.05, 3.63) is 30.1 Å². The van der Waals surface area contributed by atoms with E-state index in [2.05, 4.69) is 27.9 Å². The predicted octanol–water partition coefficient (Wildman–Crippen LogP) is 1.78. The van der Waals surface area contributed by atoms with Crippen LogP contribution in [0.3, 0.4) is 0 Å². The van der Waals surface area contributed by atoms with E-state index >= 15 is 0 Å². The van der Waals surface area contributed by atoms with Crippen molar-refractivity contribution in [2.75, 3.05) is 12.9 Å². The molecule has 5 heteroatoms. The first kappa shape index (κ1) is 14.4. The van der Waals surface area contributed by atoms with Crippen LogP contribution in [0.1, 0.15) is 12.7 Å². The van der Waals surface area contributed by atoms with E-state index in [1.54, 1.807) is 11.8 Å². The summed E-state index contributed by atoms with van der Waals surface area (Å²) < 4.78 is 2.11. The highest BCUT2D eigenvalue weighted by atomic mass is 32.2. The maximum absolute atomic E-state index is 9.28. The molecule has 1 aromatic carbocycles. The Morgan fingerprint density at radius 3 is 2.79 bits per heavy atom. The van der Waals surface area contributed by atoms with E-state index in [1.165, 1.54) is 0 Å². The number of imidazole rings is 1. The number of nitrogens with zero attached hydrogens (tertiary/aromatic N) is 2. The Morgan fingerprint density at radius 1 is 1.42 bits per heavy atom. The maximum atomic E-state index is 9.28. The Balaban J connectivity index is 2.07. The minimum atomic E-state index is 0.192. The molecule has 2 aromatic rings. The molecule has 0 saturated heterocycles. The number of aliphatic hydroxyl groups is 1. The van der Waals surface area contributed by atoms with Crippen molar-refractivity contribution in [2.24, 2.45) is 7.05 Å². The first-order chi connectivity index (χ1) is 9.17. The van der Waals surface area contributed by atoms with Crippen molar-refractivity contribution in [2.45, 2.75) is 24.8 Å². The summed E-state index contributed by atoms with van der Waals surface area (Å²) in [6.07, 6.45) is 2.02. The van der Waals surface area contributed by atoms with Gasteiger partial charge < -0.3 is 15.0 Å². The Hall–Kier alpha value is -1.04. The SMILES string of the molecule is CSC(CO)C(C)NCc1nc2ccccc2n1C. The fourth-order valence-electron chi connectivity index (χ4n) is 2.17. The smallest absolute Gasteiger partial charge is 0.123 e. The van der Waals surface area contributed by atoms with Crippen molar-refractivity contribution in [3.63, 3.8) is 0 Å². The quantitative estimate of drug-likeness (QED) is 0.846. The minimum Gasteiger partial charge on any atom is -0.395 e. The van der Waals surface area contributed by atoms with Crippen molar-refractivity contribution in [1.82, 2.24) is 14.9 Å². The molecule has 0 amide bonds. The van der Waals surface area contributed by atoms with Gasteiger partial charge in [-0.1, -0.05) is 12.1 Å². The Kier molecular flexibility index (Phi) is 4.85. The van der Waals surface area contributed by atoms with Gasteiger partial charge in [-0.25, -0.2) is 4.98 Å². The normalized spacial score (nSPS) is 14.7. The summed E-state index contributed by atoms with van der Waals surface area (Å²) in [5.74, 6) is 1.02. The Bertz CT molecular complexity index is 536. The van der Waals surface area contributed by atoms with E-state index in [-0.39, 0.29) is 17.9 Å². The molecule has 19 heavy (non-hydrogen) atoms. The van der Waals surface area contributed by atoms with Crippen molar-refractivity contribution >= 4 is 22.8 Å². The van der Waals surface area contributed by atoms with Gasteiger partial charge in [0.25, 0.3) is 0 Å². The van der Waals surface area contributed by atoms with Gasteiger partial charge in [0.05, 0.1) is 24.2 Å². The van der Waals surface area contributed by atoms with Crippen LogP contribution in [0.25, 0.3) is 11.0 Å². The molecule has 0 radical (unpaired) electrons. The second-order valence-electron chi connectivity index (χ2n) is 4.70. The summed E-state index contributed by atoms with van der Waals surface area (Å²) in [6.45, 7) is 3.00. The number of hydrogen-bond acceptors (Lipinski definition) is 4. The van der Waals surface area contributed by atoms with Crippen LogP contribution < -0.4 is 5.32 Å². The summed E-state index contributed by atoms with van der Waals surface area (Å²) in [7, 11) is 2.04. The number of fused-ring (bicyclic) bond motifs is 1. The molecule has 2 unspecified atom stereocenters. The van der Waals surface area contributed by atoms with E-state index in [1.807, 2.05) is 31.5 Å². The zero-order valence-corrected chi connectivity index (χ0v) is 12.4. The van der Waals surface area contributed by atoms with Crippen LogP contribution in [0, 0.1) is 0 Å². The molecule has 2 N–H and O–H groups in total. The third-order valence-electron chi connectivity index (χ3n) is 3.50. The zero-order valence-electron chi connectivity index (χ0n) is 11.6. The topological polar surface area (TPSA) is 50.1 Å². The number of benzene rings is 1. The Morgan fingerprint density at radius 2 is 2.16 bits per heavy atom. The molecule has 0 fully saturated rings. The molecule has 0 aliphatic carbocycles. The molecular weight excluding hydrogens is 258 g/mol. The highest BCUT2D eigenvalue weighted by Crippen LogP contribution is 2.15. The average Bonchev–Trinajstić information content (AvgIpc) is 2.75. The van der Waals surface area contributed by atoms with E-state index in [0.29, 0.717) is 6.54 Å². The van der Waals surface area contributed by atoms with Gasteiger partial charge in [-0.2, -0.15) is 11.8 Å². The largest absolute Gasteiger partial charge is 0.395 e. The monoisotopic (exact) mass is 279 g/mol. The lowest BCUT2D eigenvalue weighted by Crippen LogP contribution is -2.37. The summed E-state index contributed by atoms with van der Waals surface area (Å²) in [5.41, 5.74) is 2.17. The molecular formula is C14H21N3OS. The van der Waals surface area contributed by atoms with Crippen LogP contribution >= 0.6 is 11.8 Å². The molecule has 0 spiro atoms. The molecule has 0 saturated carbocycles. The number of rotatable bonds is 6. The van der Waals surface area contributed by atoms with Gasteiger partial charge in [0.15, 0.2) is 0 Å². The first-order valence-corrected chi connectivity index (χ1v) is 7.73. The van der Waals surface area contributed by atoms with Crippen LogP contribution in [-0.4, -0.2) is 38.8 Å². The van der Waals surface area contributed by atoms with E-state index in [9.17, 15) is 5.11 Å². The van der Waals surface area contributed by atoms with Crippen LogP contribution in [0.15, 0.2) is 24.3 Å². The van der Waals surface area contributed by atoms with Gasteiger partial charge >= 0.3 is 0 Å². The second kappa shape index (κ2) is 6.41. The van der Waals surface area contributed by atoms with Gasteiger partial charge in [0.2, 0.25) is 0 Å². The number of thioether (sulfide) groups is 1. The molecule has 0 aliphatic heterocycles. The van der Waals surface area contributed by atoms with Gasteiger partial charge in [0, 0.05) is 18.3 Å². The highest BCUT2D eigenvalue weighted by molar-refractivity contribution is 7.99. The number of hydrogen-bond donors (Lipinski definition) is 2. The third kappa shape index (κ3) is 3.11. The fraction of sp³-hybridized carbons (Fsp3) is 0.500. The zero-order chi connectivity index (χ0) is 13.8. The molecule has 1 aromatic heterocycles. The van der Waals surface area contributed by atoms with Gasteiger partial charge in [0.1, 0.15) is 5.82 Å². The van der Waals surface area contributed by atoms with Crippen molar-refractivity contribution in [1.29, 1.82) is 0 Å². The third-order valence-corrected chi connectivity index (χ3v) is 4.67. The summed E-state index contributed by atoms with van der Waals surface area (Å²) in [4.78, 5) is 4.63. The number of aryl methyl sites for hydroxylation is 1. The van der Waals surface area contributed by atoms with Gasteiger partial charge in [-0.05, 0) is 25.3 Å². The van der Waals surface area contributed by atoms with Crippen LogP contribution in [0.2, 0.25) is 0 Å². The number of para-hydroxylation sites is 2. The van der Waals surface area contributed by atoms with Crippen LogP contribution in [-0.2, 0) is 13.6 Å². The average molecular weight is 279 g/mol. The molecule has 4 nitrogen and oxygen atoms in total. The van der Waals surface area contributed by atoms with Crippen molar-refractivity contribution < 1.29 is 5.11 Å². The van der Waals surface area contributed by atoms with E-state index < -0.39 is 0 Å². The molecule has 1 heterocycles. The van der Waals surface area contributed by atoms with E-state index in [0.717, 1.165) is 16.9 Å². The Labute approximate surface area is 118 Å². The number of aromatic nitrogens is 2. The predicted molar refractivity (Wildman–Crippen MR) is 81.4 cm³/mol. The second-order valence-corrected chi connectivity index (χ2v) is 5.78. The highest BCUT2D eigenvalue weighted by Gasteiger charge is 2.15. The molecule has 104 valence electrons.